The van der Waals surface area contributed by atoms with Crippen molar-refractivity contribution in [3.8, 4) is 0 Å². The van der Waals surface area contributed by atoms with Gasteiger partial charge in [-0.2, -0.15) is 0 Å². The highest BCUT2D eigenvalue weighted by molar-refractivity contribution is 5.78. The van der Waals surface area contributed by atoms with Gasteiger partial charge in [-0.05, 0) is 18.4 Å². The van der Waals surface area contributed by atoms with E-state index in [1.807, 2.05) is 31.2 Å². The molecule has 17 heavy (non-hydrogen) atoms. The summed E-state index contributed by atoms with van der Waals surface area (Å²) < 4.78 is 0. The Morgan fingerprint density at radius 3 is 2.35 bits per heavy atom. The zero-order chi connectivity index (χ0) is 12.8. The molecule has 0 saturated carbocycles. The number of aryl methyl sites for hydroxylation is 1. The molecule has 0 fully saturated rings. The summed E-state index contributed by atoms with van der Waals surface area (Å²) in [7, 11) is 0. The van der Waals surface area contributed by atoms with E-state index >= 15 is 0 Å². The van der Waals surface area contributed by atoms with Crippen molar-refractivity contribution >= 4 is 5.91 Å². The van der Waals surface area contributed by atoms with E-state index in [1.165, 1.54) is 5.56 Å². The molecule has 0 radical (unpaired) electrons. The van der Waals surface area contributed by atoms with E-state index in [0.717, 1.165) is 5.56 Å². The van der Waals surface area contributed by atoms with E-state index in [1.54, 1.807) is 0 Å². The minimum absolute atomic E-state index is 0.0398. The van der Waals surface area contributed by atoms with Crippen LogP contribution in [-0.2, 0) is 11.2 Å². The molecule has 3 N–H and O–H groups in total. The molecule has 0 aromatic heterocycles. The van der Waals surface area contributed by atoms with E-state index < -0.39 is 0 Å². The van der Waals surface area contributed by atoms with E-state index in [-0.39, 0.29) is 11.9 Å². The van der Waals surface area contributed by atoms with Crippen molar-refractivity contribution in [3.05, 3.63) is 35.4 Å². The van der Waals surface area contributed by atoms with Crippen LogP contribution in [-0.4, -0.2) is 18.5 Å². The van der Waals surface area contributed by atoms with Gasteiger partial charge in [0, 0.05) is 12.6 Å². The number of hydrogen-bond acceptors (Lipinski definition) is 2. The second-order valence-electron chi connectivity index (χ2n) is 4.82. The highest BCUT2D eigenvalue weighted by Gasteiger charge is 2.14. The summed E-state index contributed by atoms with van der Waals surface area (Å²) in [6.07, 6.45) is 0.420. The summed E-state index contributed by atoms with van der Waals surface area (Å²) in [4.78, 5) is 11.8. The first kappa shape index (κ1) is 13.7. The molecule has 0 aliphatic carbocycles. The first-order valence-corrected chi connectivity index (χ1v) is 6.08. The Kier molecular flexibility index (Phi) is 5.16. The Morgan fingerprint density at radius 2 is 1.88 bits per heavy atom. The zero-order valence-corrected chi connectivity index (χ0v) is 10.9. The molecule has 1 aromatic rings. The van der Waals surface area contributed by atoms with Crippen molar-refractivity contribution < 1.29 is 4.79 Å². The van der Waals surface area contributed by atoms with E-state index in [9.17, 15) is 4.79 Å². The Hall–Kier alpha value is -1.35. The Morgan fingerprint density at radius 1 is 1.29 bits per heavy atom. The number of carbonyl (C=O) groups is 1. The van der Waals surface area contributed by atoms with Crippen LogP contribution in [0.5, 0.6) is 0 Å². The predicted octanol–water partition coefficient (Wildman–Crippen LogP) is 1.64. The van der Waals surface area contributed by atoms with Crippen molar-refractivity contribution in [2.75, 3.05) is 6.54 Å². The molecule has 0 spiro atoms. The maximum atomic E-state index is 11.8. The number of hydrogen-bond donors (Lipinski definition) is 2. The summed E-state index contributed by atoms with van der Waals surface area (Å²) in [6, 6.07) is 8.08. The van der Waals surface area contributed by atoms with Crippen molar-refractivity contribution in [3.63, 3.8) is 0 Å². The lowest BCUT2D eigenvalue weighted by Gasteiger charge is -2.20. The van der Waals surface area contributed by atoms with Gasteiger partial charge in [-0.1, -0.05) is 43.7 Å². The van der Waals surface area contributed by atoms with Crippen molar-refractivity contribution in [2.45, 2.75) is 33.2 Å². The van der Waals surface area contributed by atoms with Crippen LogP contribution in [0.25, 0.3) is 0 Å². The van der Waals surface area contributed by atoms with Crippen LogP contribution in [0.15, 0.2) is 24.3 Å². The molecule has 1 aromatic carbocycles. The van der Waals surface area contributed by atoms with Crippen molar-refractivity contribution in [2.24, 2.45) is 11.7 Å². The third-order valence-corrected chi connectivity index (χ3v) is 2.89. The first-order chi connectivity index (χ1) is 8.02. The van der Waals surface area contributed by atoms with E-state index in [4.69, 9.17) is 5.73 Å². The molecule has 0 bridgehead atoms. The molecule has 3 heteroatoms. The average Bonchev–Trinajstić information content (AvgIpc) is 2.28. The quantitative estimate of drug-likeness (QED) is 0.813. The summed E-state index contributed by atoms with van der Waals surface area (Å²) in [5, 5.41) is 2.97. The SMILES string of the molecule is Cc1ccc(CC(=O)NC(CN)C(C)C)cc1. The second kappa shape index (κ2) is 6.40. The highest BCUT2D eigenvalue weighted by Crippen LogP contribution is 2.05. The number of carbonyl (C=O) groups excluding carboxylic acids is 1. The Labute approximate surface area is 103 Å². The lowest BCUT2D eigenvalue weighted by molar-refractivity contribution is -0.121. The molecule has 3 nitrogen and oxygen atoms in total. The second-order valence-corrected chi connectivity index (χ2v) is 4.82. The fraction of sp³-hybridized carbons (Fsp3) is 0.500. The maximum absolute atomic E-state index is 11.8. The van der Waals surface area contributed by atoms with Gasteiger partial charge in [0.25, 0.3) is 0 Å². The molecular weight excluding hydrogens is 212 g/mol. The average molecular weight is 234 g/mol. The van der Waals surface area contributed by atoms with Gasteiger partial charge < -0.3 is 11.1 Å². The lowest BCUT2D eigenvalue weighted by Crippen LogP contribution is -2.44. The topological polar surface area (TPSA) is 55.1 Å². The fourth-order valence-electron chi connectivity index (χ4n) is 1.65. The normalized spacial score (nSPS) is 12.5. The van der Waals surface area contributed by atoms with Crippen LogP contribution in [0.3, 0.4) is 0 Å². The van der Waals surface area contributed by atoms with Crippen LogP contribution in [0.2, 0.25) is 0 Å². The minimum Gasteiger partial charge on any atom is -0.352 e. The number of amides is 1. The minimum atomic E-state index is 0.0398. The summed E-state index contributed by atoms with van der Waals surface area (Å²) in [5.41, 5.74) is 7.86. The van der Waals surface area contributed by atoms with Gasteiger partial charge in [-0.3, -0.25) is 4.79 Å². The molecule has 0 heterocycles. The van der Waals surface area contributed by atoms with Crippen LogP contribution >= 0.6 is 0 Å². The molecule has 1 rings (SSSR count). The van der Waals surface area contributed by atoms with Crippen molar-refractivity contribution in [1.82, 2.24) is 5.32 Å². The van der Waals surface area contributed by atoms with Gasteiger partial charge in [0.15, 0.2) is 0 Å². The summed E-state index contributed by atoms with van der Waals surface area (Å²) in [6.45, 7) is 6.64. The van der Waals surface area contributed by atoms with E-state index in [0.29, 0.717) is 18.9 Å². The number of rotatable bonds is 5. The van der Waals surface area contributed by atoms with Crippen LogP contribution in [0.4, 0.5) is 0 Å². The van der Waals surface area contributed by atoms with Gasteiger partial charge in [0.2, 0.25) is 5.91 Å². The van der Waals surface area contributed by atoms with Crippen LogP contribution in [0, 0.1) is 12.8 Å². The van der Waals surface area contributed by atoms with Crippen LogP contribution < -0.4 is 11.1 Å². The standard InChI is InChI=1S/C14H22N2O/c1-10(2)13(9-15)16-14(17)8-12-6-4-11(3)5-7-12/h4-7,10,13H,8-9,15H2,1-3H3,(H,16,17). The molecule has 1 amide bonds. The Bertz CT molecular complexity index is 357. The maximum Gasteiger partial charge on any atom is 0.224 e. The highest BCUT2D eigenvalue weighted by atomic mass is 16.1. The Balaban J connectivity index is 2.52. The van der Waals surface area contributed by atoms with Gasteiger partial charge in [0.05, 0.1) is 6.42 Å². The third-order valence-electron chi connectivity index (χ3n) is 2.89. The smallest absolute Gasteiger partial charge is 0.224 e. The molecule has 0 aliphatic rings. The number of nitrogens with one attached hydrogen (secondary N) is 1. The first-order valence-electron chi connectivity index (χ1n) is 6.08. The largest absolute Gasteiger partial charge is 0.352 e. The molecule has 1 atom stereocenters. The number of nitrogens with two attached hydrogens (primary N) is 1. The monoisotopic (exact) mass is 234 g/mol. The molecular formula is C14H22N2O. The van der Waals surface area contributed by atoms with Gasteiger partial charge >= 0.3 is 0 Å². The van der Waals surface area contributed by atoms with Crippen LogP contribution in [0.1, 0.15) is 25.0 Å². The summed E-state index contributed by atoms with van der Waals surface area (Å²) >= 11 is 0. The fourth-order valence-corrected chi connectivity index (χ4v) is 1.65. The molecule has 0 aliphatic heterocycles. The van der Waals surface area contributed by atoms with Gasteiger partial charge in [-0.25, -0.2) is 0 Å². The lowest BCUT2D eigenvalue weighted by atomic mass is 10.0. The van der Waals surface area contributed by atoms with Gasteiger partial charge in [0.1, 0.15) is 0 Å². The van der Waals surface area contributed by atoms with Crippen molar-refractivity contribution in [1.29, 1.82) is 0 Å². The molecule has 94 valence electrons. The predicted molar refractivity (Wildman–Crippen MR) is 70.7 cm³/mol. The zero-order valence-electron chi connectivity index (χ0n) is 10.9. The number of benzene rings is 1. The third kappa shape index (κ3) is 4.57. The van der Waals surface area contributed by atoms with Gasteiger partial charge in [-0.15, -0.1) is 0 Å². The molecule has 1 unspecified atom stereocenters. The summed E-state index contributed by atoms with van der Waals surface area (Å²) in [5.74, 6) is 0.403. The molecule has 0 saturated heterocycles. The van der Waals surface area contributed by atoms with E-state index in [2.05, 4.69) is 19.2 Å².